The van der Waals surface area contributed by atoms with Gasteiger partial charge in [-0.15, -0.1) is 0 Å². The molecule has 0 aliphatic heterocycles. The van der Waals surface area contributed by atoms with Crippen molar-refractivity contribution in [3.63, 3.8) is 0 Å². The SMILES string of the molecule is Nc1ccncc1C(N)C1Cc2ccccc21. The molecule has 0 saturated heterocycles. The van der Waals surface area contributed by atoms with Crippen LogP contribution in [0.4, 0.5) is 5.69 Å². The van der Waals surface area contributed by atoms with Gasteiger partial charge in [0.2, 0.25) is 0 Å². The van der Waals surface area contributed by atoms with Gasteiger partial charge in [0.05, 0.1) is 0 Å². The molecule has 3 nitrogen and oxygen atoms in total. The summed E-state index contributed by atoms with van der Waals surface area (Å²) in [5.74, 6) is 0.373. The first-order chi connectivity index (χ1) is 8.27. The molecule has 1 aromatic carbocycles. The van der Waals surface area contributed by atoms with Crippen molar-refractivity contribution in [1.82, 2.24) is 4.98 Å². The molecule has 0 spiro atoms. The van der Waals surface area contributed by atoms with Crippen molar-refractivity contribution in [1.29, 1.82) is 0 Å². The van der Waals surface area contributed by atoms with E-state index < -0.39 is 0 Å². The van der Waals surface area contributed by atoms with Crippen LogP contribution < -0.4 is 11.5 Å². The lowest BCUT2D eigenvalue weighted by Gasteiger charge is -2.35. The van der Waals surface area contributed by atoms with Crippen LogP contribution in [0.3, 0.4) is 0 Å². The molecule has 2 atom stereocenters. The Kier molecular flexibility index (Phi) is 2.34. The number of anilines is 1. The van der Waals surface area contributed by atoms with Gasteiger partial charge in [0.25, 0.3) is 0 Å². The van der Waals surface area contributed by atoms with Gasteiger partial charge in [-0.05, 0) is 23.6 Å². The summed E-state index contributed by atoms with van der Waals surface area (Å²) in [6.07, 6.45) is 4.51. The van der Waals surface area contributed by atoms with Crippen molar-refractivity contribution in [2.45, 2.75) is 18.4 Å². The van der Waals surface area contributed by atoms with Gasteiger partial charge in [0, 0.05) is 35.6 Å². The van der Waals surface area contributed by atoms with E-state index in [4.69, 9.17) is 11.5 Å². The van der Waals surface area contributed by atoms with E-state index in [0.717, 1.165) is 17.7 Å². The molecule has 86 valence electrons. The van der Waals surface area contributed by atoms with Crippen molar-refractivity contribution in [3.05, 3.63) is 59.4 Å². The Balaban J connectivity index is 1.91. The van der Waals surface area contributed by atoms with Crippen molar-refractivity contribution in [2.75, 3.05) is 5.73 Å². The zero-order chi connectivity index (χ0) is 11.8. The number of nitrogen functional groups attached to an aromatic ring is 1. The van der Waals surface area contributed by atoms with Crippen LogP contribution in [-0.4, -0.2) is 4.98 Å². The number of pyridine rings is 1. The molecular weight excluding hydrogens is 210 g/mol. The van der Waals surface area contributed by atoms with E-state index in [2.05, 4.69) is 29.2 Å². The molecule has 1 aromatic heterocycles. The number of rotatable bonds is 2. The molecule has 4 N–H and O–H groups in total. The van der Waals surface area contributed by atoms with Gasteiger partial charge in [0.1, 0.15) is 0 Å². The molecule has 0 radical (unpaired) electrons. The molecule has 3 heteroatoms. The third kappa shape index (κ3) is 1.59. The summed E-state index contributed by atoms with van der Waals surface area (Å²) in [6, 6.07) is 10.2. The van der Waals surface area contributed by atoms with Crippen LogP contribution in [0, 0.1) is 0 Å². The van der Waals surface area contributed by atoms with Gasteiger partial charge in [-0.25, -0.2) is 0 Å². The van der Waals surface area contributed by atoms with E-state index >= 15 is 0 Å². The fraction of sp³-hybridized carbons (Fsp3) is 0.214. The van der Waals surface area contributed by atoms with Gasteiger partial charge in [0.15, 0.2) is 0 Å². The lowest BCUT2D eigenvalue weighted by Crippen LogP contribution is -2.29. The van der Waals surface area contributed by atoms with Crippen LogP contribution >= 0.6 is 0 Å². The van der Waals surface area contributed by atoms with Gasteiger partial charge >= 0.3 is 0 Å². The highest BCUT2D eigenvalue weighted by Gasteiger charge is 2.32. The lowest BCUT2D eigenvalue weighted by molar-refractivity contribution is 0.500. The Hall–Kier alpha value is -1.87. The average molecular weight is 225 g/mol. The number of hydrogen-bond acceptors (Lipinski definition) is 3. The van der Waals surface area contributed by atoms with Crippen LogP contribution in [0.5, 0.6) is 0 Å². The van der Waals surface area contributed by atoms with E-state index in [1.165, 1.54) is 11.1 Å². The molecule has 0 amide bonds. The lowest BCUT2D eigenvalue weighted by atomic mass is 9.72. The number of benzene rings is 1. The Morgan fingerprint density at radius 1 is 1.24 bits per heavy atom. The quantitative estimate of drug-likeness (QED) is 0.821. The van der Waals surface area contributed by atoms with Crippen molar-refractivity contribution < 1.29 is 0 Å². The summed E-state index contributed by atoms with van der Waals surface area (Å²) in [4.78, 5) is 4.10. The highest BCUT2D eigenvalue weighted by Crippen LogP contribution is 2.42. The first-order valence-electron chi connectivity index (χ1n) is 5.80. The summed E-state index contributed by atoms with van der Waals surface area (Å²) in [6.45, 7) is 0. The maximum Gasteiger partial charge on any atom is 0.0403 e. The Labute approximate surface area is 100 Å². The Bertz CT molecular complexity index is 551. The summed E-state index contributed by atoms with van der Waals surface area (Å²) in [7, 11) is 0. The molecule has 0 bridgehead atoms. The van der Waals surface area contributed by atoms with Crippen molar-refractivity contribution in [2.24, 2.45) is 5.73 Å². The minimum Gasteiger partial charge on any atom is -0.398 e. The number of fused-ring (bicyclic) bond motifs is 1. The van der Waals surface area contributed by atoms with E-state index in [9.17, 15) is 0 Å². The maximum absolute atomic E-state index is 6.30. The third-order valence-electron chi connectivity index (χ3n) is 3.57. The van der Waals surface area contributed by atoms with Crippen LogP contribution in [0.25, 0.3) is 0 Å². The zero-order valence-corrected chi connectivity index (χ0v) is 9.51. The summed E-state index contributed by atoms with van der Waals surface area (Å²) in [5.41, 5.74) is 16.7. The Morgan fingerprint density at radius 2 is 2.06 bits per heavy atom. The summed E-state index contributed by atoms with van der Waals surface area (Å²) in [5, 5.41) is 0. The van der Waals surface area contributed by atoms with E-state index in [1.807, 2.05) is 0 Å². The second-order valence-corrected chi connectivity index (χ2v) is 4.54. The Morgan fingerprint density at radius 3 is 2.82 bits per heavy atom. The third-order valence-corrected chi connectivity index (χ3v) is 3.57. The zero-order valence-electron chi connectivity index (χ0n) is 9.51. The number of nitrogens with two attached hydrogens (primary N) is 2. The normalized spacial score (nSPS) is 19.2. The monoisotopic (exact) mass is 225 g/mol. The smallest absolute Gasteiger partial charge is 0.0403 e. The predicted molar refractivity (Wildman–Crippen MR) is 68.5 cm³/mol. The van der Waals surface area contributed by atoms with E-state index in [-0.39, 0.29) is 6.04 Å². The van der Waals surface area contributed by atoms with Crippen LogP contribution in [0.2, 0.25) is 0 Å². The molecule has 17 heavy (non-hydrogen) atoms. The standard InChI is InChI=1S/C14H15N3/c15-13-5-6-17-8-12(13)14(16)11-7-9-3-1-2-4-10(9)11/h1-6,8,11,14H,7,16H2,(H2,15,17). The molecule has 0 saturated carbocycles. The minimum atomic E-state index is -0.0569. The molecule has 1 heterocycles. The summed E-state index contributed by atoms with van der Waals surface area (Å²) < 4.78 is 0. The van der Waals surface area contributed by atoms with Crippen LogP contribution in [-0.2, 0) is 6.42 Å². The van der Waals surface area contributed by atoms with Crippen LogP contribution in [0.1, 0.15) is 28.7 Å². The van der Waals surface area contributed by atoms with Gasteiger partial charge in [-0.3, -0.25) is 4.98 Å². The highest BCUT2D eigenvalue weighted by molar-refractivity contribution is 5.50. The largest absolute Gasteiger partial charge is 0.398 e. The fourth-order valence-corrected chi connectivity index (χ4v) is 2.53. The highest BCUT2D eigenvalue weighted by atomic mass is 14.7. The van der Waals surface area contributed by atoms with Crippen molar-refractivity contribution >= 4 is 5.69 Å². The van der Waals surface area contributed by atoms with Gasteiger partial charge < -0.3 is 11.5 Å². The molecule has 2 aromatic rings. The average Bonchev–Trinajstić information content (AvgIpc) is 2.31. The number of aromatic nitrogens is 1. The van der Waals surface area contributed by atoms with E-state index in [1.54, 1.807) is 18.5 Å². The fourth-order valence-electron chi connectivity index (χ4n) is 2.53. The second-order valence-electron chi connectivity index (χ2n) is 4.54. The van der Waals surface area contributed by atoms with Crippen molar-refractivity contribution in [3.8, 4) is 0 Å². The predicted octanol–water partition coefficient (Wildman–Crippen LogP) is 2.00. The molecule has 0 fully saturated rings. The number of nitrogens with zero attached hydrogens (tertiary/aromatic N) is 1. The topological polar surface area (TPSA) is 64.9 Å². The molecule has 1 aliphatic carbocycles. The second kappa shape index (κ2) is 3.86. The molecule has 1 aliphatic rings. The number of hydrogen-bond donors (Lipinski definition) is 2. The molecule has 2 unspecified atom stereocenters. The van der Waals surface area contributed by atoms with Gasteiger partial charge in [-0.1, -0.05) is 24.3 Å². The minimum absolute atomic E-state index is 0.0569. The maximum atomic E-state index is 6.30. The van der Waals surface area contributed by atoms with E-state index in [0.29, 0.717) is 5.92 Å². The molecule has 3 rings (SSSR count). The summed E-state index contributed by atoms with van der Waals surface area (Å²) >= 11 is 0. The first kappa shape index (κ1) is 10.3. The first-order valence-corrected chi connectivity index (χ1v) is 5.80. The van der Waals surface area contributed by atoms with Crippen LogP contribution in [0.15, 0.2) is 42.7 Å². The molecular formula is C14H15N3. The van der Waals surface area contributed by atoms with Gasteiger partial charge in [-0.2, -0.15) is 0 Å².